The molecule has 1 saturated heterocycles. The van der Waals surface area contributed by atoms with Gasteiger partial charge < -0.3 is 10.6 Å². The molecule has 0 unspecified atom stereocenters. The minimum Gasteiger partial charge on any atom is -0.336 e. The summed E-state index contributed by atoms with van der Waals surface area (Å²) in [6, 6.07) is 19.0. The molecule has 1 aliphatic rings. The number of piperazine rings is 1. The van der Waals surface area contributed by atoms with Crippen molar-refractivity contribution in [1.82, 2.24) is 14.8 Å². The van der Waals surface area contributed by atoms with Crippen molar-refractivity contribution in [3.63, 3.8) is 0 Å². The molecule has 1 amide bonds. The summed E-state index contributed by atoms with van der Waals surface area (Å²) in [5.74, 6) is -0.127. The predicted molar refractivity (Wildman–Crippen MR) is 155 cm³/mol. The number of carbonyl (C=O) groups excluding carboxylic acids is 1. The van der Waals surface area contributed by atoms with Crippen LogP contribution in [0, 0.1) is 0 Å². The Kier molecular flexibility index (Phi) is 8.06. The van der Waals surface area contributed by atoms with Crippen molar-refractivity contribution in [3.05, 3.63) is 99.7 Å². The second-order valence-corrected chi connectivity index (χ2v) is 11.7. The van der Waals surface area contributed by atoms with Crippen LogP contribution in [0.1, 0.15) is 21.5 Å². The van der Waals surface area contributed by atoms with Crippen LogP contribution >= 0.6 is 23.2 Å². The number of nitrogens with zero attached hydrogens (tertiary/aromatic N) is 3. The van der Waals surface area contributed by atoms with Crippen LogP contribution in [0.3, 0.4) is 0 Å². The van der Waals surface area contributed by atoms with Crippen LogP contribution in [-0.2, 0) is 23.1 Å². The summed E-state index contributed by atoms with van der Waals surface area (Å²) >= 11 is 12.5. The van der Waals surface area contributed by atoms with E-state index in [0.29, 0.717) is 65.1 Å². The lowest BCUT2D eigenvalue weighted by molar-refractivity contribution is 0.0628. The van der Waals surface area contributed by atoms with Crippen molar-refractivity contribution < 1.29 is 13.2 Å². The summed E-state index contributed by atoms with van der Waals surface area (Å²) < 4.78 is 29.2. The van der Waals surface area contributed by atoms with E-state index in [1.807, 2.05) is 12.1 Å². The van der Waals surface area contributed by atoms with Crippen LogP contribution in [0.15, 0.2) is 77.8 Å². The molecule has 3 aromatic carbocycles. The maximum Gasteiger partial charge on any atom is 0.264 e. The van der Waals surface area contributed by atoms with Gasteiger partial charge in [0.2, 0.25) is 0 Å². The summed E-state index contributed by atoms with van der Waals surface area (Å²) in [7, 11) is -3.95. The number of nitrogens with one attached hydrogen (secondary N) is 1. The standard InChI is InChI=1S/C28H27Cl2N5O3S/c29-23-7-1-5-21(26(23)30)18-34-12-14-35(15-13-34)28(36)20-9-10-24(22(16-20)17-31)33-39(37,38)25-8-2-4-19-6-3-11-32-27(19)25/h1-11,16,33H,12-15,17-18,31H2. The second kappa shape index (κ2) is 11.5. The van der Waals surface area contributed by atoms with E-state index in [9.17, 15) is 13.2 Å². The average Bonchev–Trinajstić information content (AvgIpc) is 2.95. The quantitative estimate of drug-likeness (QED) is 0.325. The van der Waals surface area contributed by atoms with E-state index in [0.717, 1.165) is 10.9 Å². The molecule has 2 heterocycles. The van der Waals surface area contributed by atoms with Crippen molar-refractivity contribution in [2.45, 2.75) is 18.0 Å². The Morgan fingerprint density at radius 1 is 0.949 bits per heavy atom. The van der Waals surface area contributed by atoms with Gasteiger partial charge in [-0.15, -0.1) is 0 Å². The normalized spacial score (nSPS) is 14.5. The topological polar surface area (TPSA) is 109 Å². The maximum absolute atomic E-state index is 13.3. The molecule has 3 N–H and O–H groups in total. The highest BCUT2D eigenvalue weighted by Gasteiger charge is 2.24. The molecule has 8 nitrogen and oxygen atoms in total. The van der Waals surface area contributed by atoms with Gasteiger partial charge in [-0.25, -0.2) is 8.42 Å². The zero-order valence-corrected chi connectivity index (χ0v) is 23.3. The van der Waals surface area contributed by atoms with E-state index in [2.05, 4.69) is 14.6 Å². The minimum absolute atomic E-state index is 0.0565. The molecule has 11 heteroatoms. The first kappa shape index (κ1) is 27.4. The van der Waals surface area contributed by atoms with Crippen LogP contribution < -0.4 is 10.5 Å². The smallest absolute Gasteiger partial charge is 0.264 e. The third-order valence-electron chi connectivity index (χ3n) is 6.79. The first-order valence-corrected chi connectivity index (χ1v) is 14.6. The van der Waals surface area contributed by atoms with Crippen LogP contribution in [0.4, 0.5) is 5.69 Å². The summed E-state index contributed by atoms with van der Waals surface area (Å²) in [5, 5.41) is 1.80. The monoisotopic (exact) mass is 583 g/mol. The molecule has 0 radical (unpaired) electrons. The van der Waals surface area contributed by atoms with Gasteiger partial charge in [-0.05, 0) is 47.5 Å². The molecular formula is C28H27Cl2N5O3S. The number of carbonyl (C=O) groups is 1. The number of nitrogens with two attached hydrogens (primary N) is 1. The fraction of sp³-hybridized carbons (Fsp3) is 0.214. The molecule has 0 saturated carbocycles. The Balaban J connectivity index is 1.28. The van der Waals surface area contributed by atoms with Crippen molar-refractivity contribution in [2.75, 3.05) is 30.9 Å². The highest BCUT2D eigenvalue weighted by Crippen LogP contribution is 2.28. The molecule has 4 aromatic rings. The Bertz CT molecular complexity index is 1630. The van der Waals surface area contributed by atoms with E-state index < -0.39 is 10.0 Å². The Labute approximate surface area is 237 Å². The maximum atomic E-state index is 13.3. The van der Waals surface area contributed by atoms with E-state index in [1.165, 1.54) is 6.07 Å². The van der Waals surface area contributed by atoms with Gasteiger partial charge in [0, 0.05) is 56.4 Å². The number of aromatic nitrogens is 1. The van der Waals surface area contributed by atoms with Gasteiger partial charge >= 0.3 is 0 Å². The summed E-state index contributed by atoms with van der Waals surface area (Å²) in [6.07, 6.45) is 1.55. The molecule has 0 atom stereocenters. The van der Waals surface area contributed by atoms with Gasteiger partial charge in [0.05, 0.1) is 21.2 Å². The minimum atomic E-state index is -3.95. The predicted octanol–water partition coefficient (Wildman–Crippen LogP) is 4.76. The Morgan fingerprint density at radius 3 is 2.46 bits per heavy atom. The van der Waals surface area contributed by atoms with Gasteiger partial charge in [-0.1, -0.05) is 53.5 Å². The Hall–Kier alpha value is -3.21. The third kappa shape index (κ3) is 5.88. The lowest BCUT2D eigenvalue weighted by Gasteiger charge is -2.35. The summed E-state index contributed by atoms with van der Waals surface area (Å²) in [6.45, 7) is 3.19. The van der Waals surface area contributed by atoms with Gasteiger partial charge in [0.15, 0.2) is 0 Å². The van der Waals surface area contributed by atoms with Crippen LogP contribution in [0.25, 0.3) is 10.9 Å². The van der Waals surface area contributed by atoms with Crippen LogP contribution in [0.2, 0.25) is 10.0 Å². The largest absolute Gasteiger partial charge is 0.336 e. The number of amides is 1. The number of pyridine rings is 1. The number of anilines is 1. The molecule has 0 spiro atoms. The van der Waals surface area contributed by atoms with Crippen molar-refractivity contribution in [3.8, 4) is 0 Å². The lowest BCUT2D eigenvalue weighted by Crippen LogP contribution is -2.48. The summed E-state index contributed by atoms with van der Waals surface area (Å²) in [5.41, 5.74) is 8.59. The van der Waals surface area contributed by atoms with Crippen molar-refractivity contribution in [2.24, 2.45) is 5.73 Å². The number of hydrogen-bond acceptors (Lipinski definition) is 6. The van der Waals surface area contributed by atoms with Gasteiger partial charge in [-0.3, -0.25) is 19.4 Å². The first-order valence-electron chi connectivity index (χ1n) is 12.4. The van der Waals surface area contributed by atoms with Crippen molar-refractivity contribution in [1.29, 1.82) is 0 Å². The van der Waals surface area contributed by atoms with Gasteiger partial charge in [0.25, 0.3) is 15.9 Å². The number of benzene rings is 3. The fourth-order valence-corrected chi connectivity index (χ4v) is 6.35. The van der Waals surface area contributed by atoms with Crippen LogP contribution in [0.5, 0.6) is 0 Å². The fourth-order valence-electron chi connectivity index (χ4n) is 4.69. The average molecular weight is 585 g/mol. The number of para-hydroxylation sites is 1. The number of rotatable bonds is 7. The molecule has 5 rings (SSSR count). The van der Waals surface area contributed by atoms with E-state index in [4.69, 9.17) is 28.9 Å². The second-order valence-electron chi connectivity index (χ2n) is 9.29. The van der Waals surface area contributed by atoms with Crippen molar-refractivity contribution >= 4 is 55.7 Å². The SMILES string of the molecule is NCc1cc(C(=O)N2CCN(Cc3cccc(Cl)c3Cl)CC2)ccc1NS(=O)(=O)c1cccc2cccnc12. The lowest BCUT2D eigenvalue weighted by atomic mass is 10.1. The number of halogens is 2. The molecule has 1 fully saturated rings. The van der Waals surface area contributed by atoms with Crippen LogP contribution in [-0.4, -0.2) is 55.3 Å². The van der Waals surface area contributed by atoms with Gasteiger partial charge in [-0.2, -0.15) is 0 Å². The molecular weight excluding hydrogens is 557 g/mol. The molecule has 0 aliphatic carbocycles. The summed E-state index contributed by atoms with van der Waals surface area (Å²) in [4.78, 5) is 21.6. The third-order valence-corrected chi connectivity index (χ3v) is 9.04. The highest BCUT2D eigenvalue weighted by molar-refractivity contribution is 7.93. The zero-order chi connectivity index (χ0) is 27.6. The number of hydrogen-bond donors (Lipinski definition) is 2. The zero-order valence-electron chi connectivity index (χ0n) is 21.0. The number of sulfonamides is 1. The van der Waals surface area contributed by atoms with Gasteiger partial charge in [0.1, 0.15) is 4.90 Å². The molecule has 202 valence electrons. The molecule has 0 bridgehead atoms. The van der Waals surface area contributed by atoms with E-state index in [-0.39, 0.29) is 17.3 Å². The highest BCUT2D eigenvalue weighted by atomic mass is 35.5. The number of fused-ring (bicyclic) bond motifs is 1. The first-order chi connectivity index (χ1) is 18.8. The van der Waals surface area contributed by atoms with E-state index >= 15 is 0 Å². The molecule has 1 aliphatic heterocycles. The molecule has 39 heavy (non-hydrogen) atoms. The molecule has 1 aromatic heterocycles. The van der Waals surface area contributed by atoms with E-state index in [1.54, 1.807) is 59.6 Å². The Morgan fingerprint density at radius 2 is 1.69 bits per heavy atom.